The topological polar surface area (TPSA) is 49.3 Å². The number of unbranched alkanes of at least 4 members (excludes halogenated alkanes) is 51. The molecule has 0 saturated heterocycles. The summed E-state index contributed by atoms with van der Waals surface area (Å²) in [6.07, 6.45) is 77.3. The van der Waals surface area contributed by atoms with Gasteiger partial charge in [0.05, 0.1) is 0 Å². The van der Waals surface area contributed by atoms with Crippen LogP contribution in [0.5, 0.6) is 0 Å². The minimum Gasteiger partial charge on any atom is -0.481 e. The van der Waals surface area contributed by atoms with Gasteiger partial charge in [0.2, 0.25) is 0 Å². The Labute approximate surface area is 406 Å². The molecule has 0 aromatic carbocycles. The molecule has 0 aliphatic rings. The van der Waals surface area contributed by atoms with Crippen LogP contribution in [0, 0.1) is 0 Å². The van der Waals surface area contributed by atoms with E-state index in [0.29, 0.717) is 6.42 Å². The van der Waals surface area contributed by atoms with Crippen LogP contribution >= 0.6 is 0 Å². The summed E-state index contributed by atoms with van der Waals surface area (Å²) in [6.45, 7) is 9.38. The van der Waals surface area contributed by atoms with Gasteiger partial charge in [0, 0.05) is 6.42 Å². The molecular weight excluding hydrogens is 779 g/mol. The van der Waals surface area contributed by atoms with E-state index in [2.05, 4.69) is 26.1 Å². The molecule has 0 aliphatic carbocycles. The lowest BCUT2D eigenvalue weighted by atomic mass is 10.0. The van der Waals surface area contributed by atoms with Crippen molar-refractivity contribution >= 4 is 5.97 Å². The summed E-state index contributed by atoms with van der Waals surface area (Å²) in [5, 5.41) is 12.2. The lowest BCUT2D eigenvalue weighted by Gasteiger charge is -2.05. The van der Waals surface area contributed by atoms with Crippen molar-refractivity contribution in [2.75, 3.05) is 13.1 Å². The fourth-order valence-electron chi connectivity index (χ4n) is 9.61. The van der Waals surface area contributed by atoms with Crippen molar-refractivity contribution in [3.05, 3.63) is 0 Å². The highest BCUT2D eigenvalue weighted by atomic mass is 16.4. The Bertz CT molecular complexity index is 752. The van der Waals surface area contributed by atoms with Crippen LogP contribution in [0.25, 0.3) is 0 Å². The lowest BCUT2D eigenvalue weighted by Crippen LogP contribution is -2.16. The van der Waals surface area contributed by atoms with Crippen molar-refractivity contribution in [1.29, 1.82) is 0 Å². The summed E-state index contributed by atoms with van der Waals surface area (Å²) >= 11 is 0. The summed E-state index contributed by atoms with van der Waals surface area (Å²) in [6, 6.07) is 0. The smallest absolute Gasteiger partial charge is 0.303 e. The second-order valence-electron chi connectivity index (χ2n) is 20.9. The molecule has 3 nitrogen and oxygen atoms in total. The van der Waals surface area contributed by atoms with E-state index in [9.17, 15) is 4.79 Å². The van der Waals surface area contributed by atoms with Crippen LogP contribution < -0.4 is 5.32 Å². The zero-order chi connectivity index (χ0) is 46.6. The number of aliphatic carboxylic acids is 1. The zero-order valence-corrected chi connectivity index (χ0v) is 45.2. The first kappa shape index (κ1) is 65.5. The Balaban J connectivity index is 0. The quantitative estimate of drug-likeness (QED) is 0.0598. The third-order valence-electron chi connectivity index (χ3n) is 14.2. The number of carboxylic acid groups (broad SMARTS) is 1. The van der Waals surface area contributed by atoms with Crippen molar-refractivity contribution in [2.24, 2.45) is 0 Å². The minimum atomic E-state index is -0.649. The minimum absolute atomic E-state index is 0.346. The van der Waals surface area contributed by atoms with E-state index in [1.54, 1.807) is 0 Å². The molecular formula is C61H125NO2. The number of rotatable bonds is 57. The van der Waals surface area contributed by atoms with Crippen LogP contribution in [-0.2, 0) is 4.79 Å². The van der Waals surface area contributed by atoms with Gasteiger partial charge in [0.1, 0.15) is 0 Å². The molecule has 0 saturated carbocycles. The van der Waals surface area contributed by atoms with Crippen molar-refractivity contribution < 1.29 is 9.90 Å². The predicted octanol–water partition coefficient (Wildman–Crippen LogP) is 22.2. The molecule has 0 aliphatic heterocycles. The predicted molar refractivity (Wildman–Crippen MR) is 291 cm³/mol. The summed E-state index contributed by atoms with van der Waals surface area (Å²) in [5.41, 5.74) is 0. The van der Waals surface area contributed by atoms with Gasteiger partial charge in [-0.05, 0) is 32.4 Å². The number of nitrogens with one attached hydrogen (secondary N) is 1. The van der Waals surface area contributed by atoms with Crippen LogP contribution in [0.15, 0.2) is 0 Å². The molecule has 64 heavy (non-hydrogen) atoms. The van der Waals surface area contributed by atoms with Gasteiger partial charge in [-0.1, -0.05) is 348 Å². The third-order valence-corrected chi connectivity index (χ3v) is 14.2. The molecule has 3 heteroatoms. The van der Waals surface area contributed by atoms with Gasteiger partial charge in [-0.25, -0.2) is 0 Å². The zero-order valence-electron chi connectivity index (χ0n) is 45.2. The van der Waals surface area contributed by atoms with E-state index in [0.717, 1.165) is 12.8 Å². The average Bonchev–Trinajstić information content (AvgIpc) is 3.29. The molecule has 0 fully saturated rings. The molecule has 0 bridgehead atoms. The Kier molecular flexibility index (Phi) is 66.0. The van der Waals surface area contributed by atoms with E-state index in [1.807, 2.05) is 0 Å². The fraction of sp³-hybridized carbons (Fsp3) is 0.984. The van der Waals surface area contributed by atoms with Crippen LogP contribution in [0.1, 0.15) is 374 Å². The first-order valence-electron chi connectivity index (χ1n) is 30.6. The van der Waals surface area contributed by atoms with Crippen LogP contribution in [0.4, 0.5) is 0 Å². The standard InChI is InChI=1S/C34H71N.C27H54O2/c1-3-5-7-9-11-12-13-14-15-16-17-18-19-20-21-22-23-24-25-26-27-28-30-32-34-35-33-31-29-10-8-6-4-2;1-2-3-4-5-6-7-8-9-10-11-12-13-14-15-16-17-18-19-20-21-22-23-24-25-26-27(28)29/h35H,3-34H2,1-2H3;2-26H2,1H3,(H,28,29). The molecule has 2 N–H and O–H groups in total. The molecule has 0 rings (SSSR count). The van der Waals surface area contributed by atoms with Gasteiger partial charge in [-0.2, -0.15) is 0 Å². The molecule has 0 unspecified atom stereocenters. The van der Waals surface area contributed by atoms with Crippen molar-refractivity contribution in [3.63, 3.8) is 0 Å². The van der Waals surface area contributed by atoms with E-state index in [1.165, 1.54) is 347 Å². The van der Waals surface area contributed by atoms with Gasteiger partial charge in [0.15, 0.2) is 0 Å². The van der Waals surface area contributed by atoms with E-state index < -0.39 is 5.97 Å². The van der Waals surface area contributed by atoms with Gasteiger partial charge < -0.3 is 10.4 Å². The normalized spacial score (nSPS) is 11.4. The first-order chi connectivity index (χ1) is 31.7. The molecule has 0 aromatic rings. The Morgan fingerprint density at radius 3 is 0.531 bits per heavy atom. The van der Waals surface area contributed by atoms with Gasteiger partial charge >= 0.3 is 5.97 Å². The van der Waals surface area contributed by atoms with Gasteiger partial charge in [-0.3, -0.25) is 4.79 Å². The molecule has 386 valence electrons. The number of carbonyl (C=O) groups is 1. The highest BCUT2D eigenvalue weighted by Crippen LogP contribution is 2.18. The third kappa shape index (κ3) is 68.0. The van der Waals surface area contributed by atoms with Crippen molar-refractivity contribution in [3.8, 4) is 0 Å². The molecule has 0 spiro atoms. The maximum absolute atomic E-state index is 10.4. The van der Waals surface area contributed by atoms with E-state index >= 15 is 0 Å². The number of hydrogen-bond acceptors (Lipinski definition) is 2. The monoisotopic (exact) mass is 904 g/mol. The molecule has 0 amide bonds. The van der Waals surface area contributed by atoms with Crippen molar-refractivity contribution in [1.82, 2.24) is 5.32 Å². The average molecular weight is 905 g/mol. The maximum Gasteiger partial charge on any atom is 0.303 e. The molecule has 0 aromatic heterocycles. The molecule has 0 heterocycles. The van der Waals surface area contributed by atoms with E-state index in [4.69, 9.17) is 5.11 Å². The number of hydrogen-bond donors (Lipinski definition) is 2. The molecule has 0 atom stereocenters. The second kappa shape index (κ2) is 64.5. The highest BCUT2D eigenvalue weighted by molar-refractivity contribution is 5.66. The Morgan fingerprint density at radius 1 is 0.234 bits per heavy atom. The van der Waals surface area contributed by atoms with Crippen LogP contribution in [-0.4, -0.2) is 24.2 Å². The SMILES string of the molecule is CCCCCCCCCCCCCCCCCCCCCCCCCCC(=O)O.CCCCCCCCCCCCCCCCCCCCCCCCCCNCCCCCCCC. The van der Waals surface area contributed by atoms with Crippen LogP contribution in [0.3, 0.4) is 0 Å². The largest absolute Gasteiger partial charge is 0.481 e. The van der Waals surface area contributed by atoms with Crippen molar-refractivity contribution in [2.45, 2.75) is 374 Å². The fourth-order valence-corrected chi connectivity index (χ4v) is 9.61. The number of carboxylic acids is 1. The van der Waals surface area contributed by atoms with E-state index in [-0.39, 0.29) is 0 Å². The summed E-state index contributed by atoms with van der Waals surface area (Å²) in [5.74, 6) is -0.649. The lowest BCUT2D eigenvalue weighted by molar-refractivity contribution is -0.137. The van der Waals surface area contributed by atoms with Gasteiger partial charge in [0.25, 0.3) is 0 Å². The van der Waals surface area contributed by atoms with Gasteiger partial charge in [-0.15, -0.1) is 0 Å². The summed E-state index contributed by atoms with van der Waals surface area (Å²) in [7, 11) is 0. The second-order valence-corrected chi connectivity index (χ2v) is 20.9. The highest BCUT2D eigenvalue weighted by Gasteiger charge is 2.00. The Hall–Kier alpha value is -0.570. The first-order valence-corrected chi connectivity index (χ1v) is 30.6. The summed E-state index contributed by atoms with van der Waals surface area (Å²) < 4.78 is 0. The molecule has 0 radical (unpaired) electrons. The van der Waals surface area contributed by atoms with Crippen LogP contribution in [0.2, 0.25) is 0 Å². The summed E-state index contributed by atoms with van der Waals surface area (Å²) in [4.78, 5) is 10.4. The maximum atomic E-state index is 10.4. The Morgan fingerprint density at radius 2 is 0.375 bits per heavy atom.